The average molecular weight is 419 g/mol. The fourth-order valence-electron chi connectivity index (χ4n) is 2.44. The number of benzene rings is 2. The van der Waals surface area contributed by atoms with Gasteiger partial charge in [0, 0.05) is 25.9 Å². The van der Waals surface area contributed by atoms with Gasteiger partial charge < -0.3 is 14.8 Å². The SMILES string of the molecule is COc1cc(/C=C/C(=O)Nc2cccc(S(=O)(=O)N(C)C)c2)ccc1OC(C)C. The molecule has 0 aromatic heterocycles. The van der Waals surface area contributed by atoms with Crippen LogP contribution in [0.1, 0.15) is 19.4 Å². The second-order valence-corrected chi connectivity index (χ2v) is 8.87. The first-order valence-corrected chi connectivity index (χ1v) is 10.4. The molecule has 0 aliphatic carbocycles. The van der Waals surface area contributed by atoms with E-state index in [9.17, 15) is 13.2 Å². The van der Waals surface area contributed by atoms with Crippen molar-refractivity contribution in [3.05, 3.63) is 54.1 Å². The topological polar surface area (TPSA) is 84.9 Å². The molecular weight excluding hydrogens is 392 g/mol. The van der Waals surface area contributed by atoms with E-state index < -0.39 is 10.0 Å². The maximum atomic E-state index is 12.2. The number of ether oxygens (including phenoxy) is 2. The highest BCUT2D eigenvalue weighted by atomic mass is 32.2. The van der Waals surface area contributed by atoms with E-state index in [-0.39, 0.29) is 16.9 Å². The van der Waals surface area contributed by atoms with E-state index in [0.717, 1.165) is 9.87 Å². The fraction of sp³-hybridized carbons (Fsp3) is 0.286. The Bertz CT molecular complexity index is 998. The molecule has 0 saturated heterocycles. The lowest BCUT2D eigenvalue weighted by atomic mass is 10.2. The Hall–Kier alpha value is -2.84. The van der Waals surface area contributed by atoms with Crippen molar-refractivity contribution in [2.24, 2.45) is 0 Å². The van der Waals surface area contributed by atoms with Crippen LogP contribution in [0.3, 0.4) is 0 Å². The summed E-state index contributed by atoms with van der Waals surface area (Å²) in [5, 5.41) is 2.67. The molecule has 2 aromatic rings. The number of carbonyl (C=O) groups is 1. The quantitative estimate of drug-likeness (QED) is 0.665. The van der Waals surface area contributed by atoms with E-state index in [2.05, 4.69) is 5.32 Å². The molecule has 1 amide bonds. The number of nitrogens with one attached hydrogen (secondary N) is 1. The highest BCUT2D eigenvalue weighted by Gasteiger charge is 2.17. The van der Waals surface area contributed by atoms with E-state index in [4.69, 9.17) is 9.47 Å². The summed E-state index contributed by atoms with van der Waals surface area (Å²) in [6, 6.07) is 11.5. The van der Waals surface area contributed by atoms with Gasteiger partial charge in [0.05, 0.1) is 18.1 Å². The Morgan fingerprint density at radius 3 is 2.45 bits per heavy atom. The molecule has 0 unspecified atom stereocenters. The minimum atomic E-state index is -3.57. The van der Waals surface area contributed by atoms with E-state index in [1.807, 2.05) is 19.9 Å². The lowest BCUT2D eigenvalue weighted by Crippen LogP contribution is -2.22. The molecule has 156 valence electrons. The van der Waals surface area contributed by atoms with E-state index in [1.54, 1.807) is 37.5 Å². The lowest BCUT2D eigenvalue weighted by Gasteiger charge is -2.13. The highest BCUT2D eigenvalue weighted by Crippen LogP contribution is 2.29. The molecule has 0 bridgehead atoms. The van der Waals surface area contributed by atoms with Crippen LogP contribution in [0.25, 0.3) is 6.08 Å². The van der Waals surface area contributed by atoms with Gasteiger partial charge in [-0.2, -0.15) is 0 Å². The van der Waals surface area contributed by atoms with Crippen LogP contribution in [0.4, 0.5) is 5.69 Å². The van der Waals surface area contributed by atoms with E-state index in [0.29, 0.717) is 17.2 Å². The van der Waals surface area contributed by atoms with Crippen LogP contribution in [0.2, 0.25) is 0 Å². The summed E-state index contributed by atoms with van der Waals surface area (Å²) >= 11 is 0. The molecule has 0 heterocycles. The van der Waals surface area contributed by atoms with Gasteiger partial charge in [-0.15, -0.1) is 0 Å². The molecule has 1 N–H and O–H groups in total. The number of hydrogen-bond acceptors (Lipinski definition) is 5. The number of rotatable bonds is 8. The van der Waals surface area contributed by atoms with Crippen molar-refractivity contribution in [1.29, 1.82) is 0 Å². The Labute approximate surface area is 172 Å². The standard InChI is InChI=1S/C21H26N2O5S/c1-15(2)28-19-11-9-16(13-20(19)27-5)10-12-21(24)22-17-7-6-8-18(14-17)29(25,26)23(3)4/h6-15H,1-5H3,(H,22,24)/b12-10+. The molecule has 2 aromatic carbocycles. The Morgan fingerprint density at radius 2 is 1.83 bits per heavy atom. The maximum absolute atomic E-state index is 12.2. The first kappa shape index (κ1) is 22.4. The molecule has 7 nitrogen and oxygen atoms in total. The summed E-state index contributed by atoms with van der Waals surface area (Å²) in [5.41, 5.74) is 1.15. The van der Waals surface area contributed by atoms with Gasteiger partial charge in [-0.3, -0.25) is 4.79 Å². The number of nitrogens with zero attached hydrogens (tertiary/aromatic N) is 1. The summed E-state index contributed by atoms with van der Waals surface area (Å²) in [6.45, 7) is 3.85. The molecule has 0 radical (unpaired) electrons. The summed E-state index contributed by atoms with van der Waals surface area (Å²) < 4.78 is 36.5. The molecule has 0 atom stereocenters. The van der Waals surface area contributed by atoms with Gasteiger partial charge in [0.1, 0.15) is 0 Å². The molecule has 2 rings (SSSR count). The smallest absolute Gasteiger partial charge is 0.248 e. The first-order valence-electron chi connectivity index (χ1n) is 9.00. The minimum Gasteiger partial charge on any atom is -0.493 e. The van der Waals surface area contributed by atoms with Crippen LogP contribution in [0.5, 0.6) is 11.5 Å². The van der Waals surface area contributed by atoms with Crippen molar-refractivity contribution >= 4 is 27.7 Å². The van der Waals surface area contributed by atoms with Gasteiger partial charge in [-0.25, -0.2) is 12.7 Å². The summed E-state index contributed by atoms with van der Waals surface area (Å²) in [5.74, 6) is 0.816. The van der Waals surface area contributed by atoms with Crippen molar-refractivity contribution < 1.29 is 22.7 Å². The molecule has 0 saturated carbocycles. The third kappa shape index (κ3) is 6.07. The predicted octanol–water partition coefficient (Wildman–Crippen LogP) is 3.38. The molecule has 0 fully saturated rings. The van der Waals surface area contributed by atoms with Gasteiger partial charge in [-0.1, -0.05) is 12.1 Å². The summed E-state index contributed by atoms with van der Waals surface area (Å²) in [4.78, 5) is 12.3. The van der Waals surface area contributed by atoms with Gasteiger partial charge in [0.15, 0.2) is 11.5 Å². The van der Waals surface area contributed by atoms with Gasteiger partial charge in [0.25, 0.3) is 0 Å². The van der Waals surface area contributed by atoms with Crippen LogP contribution < -0.4 is 14.8 Å². The highest BCUT2D eigenvalue weighted by molar-refractivity contribution is 7.89. The zero-order valence-electron chi connectivity index (χ0n) is 17.2. The average Bonchev–Trinajstić information content (AvgIpc) is 2.66. The Balaban J connectivity index is 2.12. The van der Waals surface area contributed by atoms with E-state index >= 15 is 0 Å². The van der Waals surface area contributed by atoms with Crippen molar-refractivity contribution in [2.75, 3.05) is 26.5 Å². The monoisotopic (exact) mass is 418 g/mol. The van der Waals surface area contributed by atoms with Crippen molar-refractivity contribution in [3.8, 4) is 11.5 Å². The van der Waals surface area contributed by atoms with Crippen LogP contribution >= 0.6 is 0 Å². The second-order valence-electron chi connectivity index (χ2n) is 6.71. The zero-order chi connectivity index (χ0) is 21.6. The molecule has 0 spiro atoms. The fourth-order valence-corrected chi connectivity index (χ4v) is 3.39. The zero-order valence-corrected chi connectivity index (χ0v) is 18.0. The van der Waals surface area contributed by atoms with Crippen LogP contribution in [-0.4, -0.2) is 45.9 Å². The Morgan fingerprint density at radius 1 is 1.10 bits per heavy atom. The van der Waals surface area contributed by atoms with Crippen molar-refractivity contribution in [3.63, 3.8) is 0 Å². The van der Waals surface area contributed by atoms with Crippen LogP contribution in [-0.2, 0) is 14.8 Å². The lowest BCUT2D eigenvalue weighted by molar-refractivity contribution is -0.111. The van der Waals surface area contributed by atoms with Gasteiger partial charge in [0.2, 0.25) is 15.9 Å². The summed E-state index contributed by atoms with van der Waals surface area (Å²) in [6.07, 6.45) is 3.02. The van der Waals surface area contributed by atoms with Crippen molar-refractivity contribution in [1.82, 2.24) is 4.31 Å². The molecule has 29 heavy (non-hydrogen) atoms. The van der Waals surface area contributed by atoms with Gasteiger partial charge in [-0.05, 0) is 55.8 Å². The van der Waals surface area contributed by atoms with Crippen LogP contribution in [0, 0.1) is 0 Å². The molecular formula is C21H26N2O5S. The number of amides is 1. The third-order valence-corrected chi connectivity index (χ3v) is 5.67. The number of sulfonamides is 1. The van der Waals surface area contributed by atoms with Crippen LogP contribution in [0.15, 0.2) is 53.4 Å². The van der Waals surface area contributed by atoms with Crippen molar-refractivity contribution in [2.45, 2.75) is 24.8 Å². The Kier molecular flexibility index (Phi) is 7.41. The largest absolute Gasteiger partial charge is 0.493 e. The minimum absolute atomic E-state index is 0.0168. The number of hydrogen-bond donors (Lipinski definition) is 1. The predicted molar refractivity (Wildman–Crippen MR) is 114 cm³/mol. The third-order valence-electron chi connectivity index (χ3n) is 3.86. The number of methoxy groups -OCH3 is 1. The second kappa shape index (κ2) is 9.58. The van der Waals surface area contributed by atoms with Gasteiger partial charge >= 0.3 is 0 Å². The number of carbonyl (C=O) groups excluding carboxylic acids is 1. The normalized spacial score (nSPS) is 11.8. The molecule has 0 aliphatic rings. The number of anilines is 1. The van der Waals surface area contributed by atoms with E-state index in [1.165, 1.54) is 32.3 Å². The molecule has 0 aliphatic heterocycles. The first-order chi connectivity index (χ1) is 13.6. The maximum Gasteiger partial charge on any atom is 0.248 e. The summed E-state index contributed by atoms with van der Waals surface area (Å²) in [7, 11) is 0.887. The molecule has 8 heteroatoms.